The maximum absolute atomic E-state index is 11.5. The number of para-hydroxylation sites is 2. The molecule has 1 aromatic rings. The van der Waals surface area contributed by atoms with Crippen LogP contribution in [0.2, 0.25) is 0 Å². The molecule has 1 aromatic carbocycles. The molecule has 100 valence electrons. The van der Waals surface area contributed by atoms with Gasteiger partial charge in [0, 0.05) is 0 Å². The van der Waals surface area contributed by atoms with E-state index in [1.165, 1.54) is 0 Å². The van der Waals surface area contributed by atoms with Gasteiger partial charge in [-0.2, -0.15) is 0 Å². The maximum atomic E-state index is 11.5. The van der Waals surface area contributed by atoms with Gasteiger partial charge in [-0.15, -0.1) is 0 Å². The second-order valence-corrected chi connectivity index (χ2v) is 5.06. The molecule has 0 aliphatic heterocycles. The molecule has 0 bridgehead atoms. The van der Waals surface area contributed by atoms with Gasteiger partial charge in [-0.25, -0.2) is 4.79 Å². The third-order valence-corrected chi connectivity index (χ3v) is 2.81. The number of carboxylic acid groups (broad SMARTS) is 1. The molecule has 1 rings (SSSR count). The van der Waals surface area contributed by atoms with Crippen LogP contribution in [0.3, 0.4) is 0 Å². The molecule has 0 aliphatic carbocycles. The Kier molecular flexibility index (Phi) is 4.59. The number of methoxy groups -OCH3 is 1. The molecule has 4 nitrogen and oxygen atoms in total. The molecule has 1 atom stereocenters. The van der Waals surface area contributed by atoms with Gasteiger partial charge in [-0.3, -0.25) is 0 Å². The Labute approximate surface area is 108 Å². The van der Waals surface area contributed by atoms with Crippen LogP contribution in [0.5, 0.6) is 5.75 Å². The molecule has 0 fully saturated rings. The van der Waals surface area contributed by atoms with Crippen molar-refractivity contribution in [3.8, 4) is 5.75 Å². The summed E-state index contributed by atoms with van der Waals surface area (Å²) in [5.74, 6) is 0.0733. The fraction of sp³-hybridized carbons (Fsp3) is 0.500. The molecule has 2 N–H and O–H groups in total. The highest BCUT2D eigenvalue weighted by Gasteiger charge is 2.34. The summed E-state index contributed by atoms with van der Waals surface area (Å²) in [7, 11) is 1.57. The number of carboxylic acids is 1. The van der Waals surface area contributed by atoms with Crippen molar-refractivity contribution in [1.29, 1.82) is 0 Å². The van der Waals surface area contributed by atoms with E-state index in [0.29, 0.717) is 17.9 Å². The van der Waals surface area contributed by atoms with Crippen LogP contribution in [-0.2, 0) is 4.79 Å². The lowest BCUT2D eigenvalue weighted by Crippen LogP contribution is -2.44. The van der Waals surface area contributed by atoms with E-state index in [2.05, 4.69) is 5.32 Å². The van der Waals surface area contributed by atoms with E-state index in [1.54, 1.807) is 20.1 Å². The quantitative estimate of drug-likeness (QED) is 0.816. The van der Waals surface area contributed by atoms with Gasteiger partial charge in [0.05, 0.1) is 12.8 Å². The van der Waals surface area contributed by atoms with Crippen LogP contribution in [0.4, 0.5) is 5.69 Å². The number of benzene rings is 1. The fourth-order valence-corrected chi connectivity index (χ4v) is 2.05. The normalized spacial score (nSPS) is 14.1. The molecular formula is C14H21NO3. The van der Waals surface area contributed by atoms with Crippen molar-refractivity contribution in [3.63, 3.8) is 0 Å². The van der Waals surface area contributed by atoms with Gasteiger partial charge >= 0.3 is 5.97 Å². The molecule has 0 spiro atoms. The summed E-state index contributed by atoms with van der Waals surface area (Å²) in [4.78, 5) is 11.5. The minimum absolute atomic E-state index is 0.285. The summed E-state index contributed by atoms with van der Waals surface area (Å²) >= 11 is 0. The molecule has 0 aliphatic rings. The van der Waals surface area contributed by atoms with Crippen LogP contribution in [0.25, 0.3) is 0 Å². The Bertz CT molecular complexity index is 417. The van der Waals surface area contributed by atoms with Crippen LogP contribution < -0.4 is 10.1 Å². The van der Waals surface area contributed by atoms with E-state index < -0.39 is 11.5 Å². The van der Waals surface area contributed by atoms with Crippen molar-refractivity contribution in [3.05, 3.63) is 24.3 Å². The molecule has 0 aromatic heterocycles. The van der Waals surface area contributed by atoms with Crippen molar-refractivity contribution in [1.82, 2.24) is 0 Å². The molecule has 1 unspecified atom stereocenters. The first-order valence-electron chi connectivity index (χ1n) is 6.03. The van der Waals surface area contributed by atoms with E-state index >= 15 is 0 Å². The third-order valence-electron chi connectivity index (χ3n) is 2.81. The van der Waals surface area contributed by atoms with E-state index in [1.807, 2.05) is 32.0 Å². The second-order valence-electron chi connectivity index (χ2n) is 5.06. The van der Waals surface area contributed by atoms with Gasteiger partial charge in [0.25, 0.3) is 0 Å². The summed E-state index contributed by atoms with van der Waals surface area (Å²) in [5.41, 5.74) is -0.298. The largest absolute Gasteiger partial charge is 0.495 e. The highest BCUT2D eigenvalue weighted by Crippen LogP contribution is 2.29. The molecule has 4 heteroatoms. The monoisotopic (exact) mass is 251 g/mol. The lowest BCUT2D eigenvalue weighted by Gasteiger charge is -2.29. The smallest absolute Gasteiger partial charge is 0.329 e. The van der Waals surface area contributed by atoms with Gasteiger partial charge < -0.3 is 15.2 Å². The molecule has 0 saturated heterocycles. The molecule has 0 saturated carbocycles. The summed E-state index contributed by atoms with van der Waals surface area (Å²) in [5, 5.41) is 12.5. The van der Waals surface area contributed by atoms with E-state index in [4.69, 9.17) is 4.74 Å². The molecule has 0 heterocycles. The maximum Gasteiger partial charge on any atom is 0.329 e. The second kappa shape index (κ2) is 5.76. The Morgan fingerprint density at radius 3 is 2.56 bits per heavy atom. The van der Waals surface area contributed by atoms with Crippen LogP contribution in [-0.4, -0.2) is 23.7 Å². The molecule has 18 heavy (non-hydrogen) atoms. The Morgan fingerprint density at radius 2 is 2.06 bits per heavy atom. The van der Waals surface area contributed by atoms with Gasteiger partial charge in [0.1, 0.15) is 11.3 Å². The summed E-state index contributed by atoms with van der Waals surface area (Å²) in [6.07, 6.45) is 0.542. The third kappa shape index (κ3) is 3.39. The summed E-state index contributed by atoms with van der Waals surface area (Å²) in [6, 6.07) is 7.33. The van der Waals surface area contributed by atoms with Crippen LogP contribution in [0.1, 0.15) is 27.2 Å². The number of carbonyl (C=O) groups is 1. The average Bonchev–Trinajstić information content (AvgIpc) is 2.28. The van der Waals surface area contributed by atoms with Crippen LogP contribution in [0, 0.1) is 5.92 Å². The first kappa shape index (κ1) is 14.4. The summed E-state index contributed by atoms with van der Waals surface area (Å²) < 4.78 is 5.22. The van der Waals surface area contributed by atoms with E-state index in [0.717, 1.165) is 0 Å². The topological polar surface area (TPSA) is 58.6 Å². The highest BCUT2D eigenvalue weighted by atomic mass is 16.5. The first-order chi connectivity index (χ1) is 8.39. The molecule has 0 amide bonds. The van der Waals surface area contributed by atoms with Gasteiger partial charge in [-0.05, 0) is 31.4 Å². The number of nitrogens with one attached hydrogen (secondary N) is 1. The van der Waals surface area contributed by atoms with Crippen LogP contribution >= 0.6 is 0 Å². The Balaban J connectivity index is 3.00. The minimum Gasteiger partial charge on any atom is -0.495 e. The Morgan fingerprint density at radius 1 is 1.44 bits per heavy atom. The lowest BCUT2D eigenvalue weighted by atomic mass is 9.90. The lowest BCUT2D eigenvalue weighted by molar-refractivity contribution is -0.142. The van der Waals surface area contributed by atoms with Gasteiger partial charge in [-0.1, -0.05) is 26.0 Å². The number of hydrogen-bond donors (Lipinski definition) is 2. The van der Waals surface area contributed by atoms with Gasteiger partial charge in [0.2, 0.25) is 0 Å². The Hall–Kier alpha value is -1.71. The molecule has 0 radical (unpaired) electrons. The van der Waals surface area contributed by atoms with Gasteiger partial charge in [0.15, 0.2) is 0 Å². The predicted octanol–water partition coefficient (Wildman–Crippen LogP) is 3.00. The standard InChI is InChI=1S/C14H21NO3/c1-10(2)9-14(3,13(16)17)15-11-7-5-6-8-12(11)18-4/h5-8,10,15H,9H2,1-4H3,(H,16,17). The SMILES string of the molecule is COc1ccccc1NC(C)(CC(C)C)C(=O)O. The van der Waals surface area contributed by atoms with Crippen molar-refractivity contribution < 1.29 is 14.6 Å². The zero-order chi connectivity index (χ0) is 13.8. The van der Waals surface area contributed by atoms with Crippen molar-refractivity contribution >= 4 is 11.7 Å². The predicted molar refractivity (Wildman–Crippen MR) is 72.1 cm³/mol. The number of ether oxygens (including phenoxy) is 1. The average molecular weight is 251 g/mol. The number of hydrogen-bond acceptors (Lipinski definition) is 3. The van der Waals surface area contributed by atoms with E-state index in [9.17, 15) is 9.90 Å². The highest BCUT2D eigenvalue weighted by molar-refractivity contribution is 5.83. The number of rotatable bonds is 6. The molecular weight excluding hydrogens is 230 g/mol. The number of aliphatic carboxylic acids is 1. The number of anilines is 1. The van der Waals surface area contributed by atoms with E-state index in [-0.39, 0.29) is 5.92 Å². The zero-order valence-corrected chi connectivity index (χ0v) is 11.4. The first-order valence-corrected chi connectivity index (χ1v) is 6.03. The fourth-order valence-electron chi connectivity index (χ4n) is 2.05. The van der Waals surface area contributed by atoms with Crippen molar-refractivity contribution in [2.45, 2.75) is 32.7 Å². The zero-order valence-electron chi connectivity index (χ0n) is 11.4. The minimum atomic E-state index is -0.997. The van der Waals surface area contributed by atoms with Crippen LogP contribution in [0.15, 0.2) is 24.3 Å². The van der Waals surface area contributed by atoms with Crippen molar-refractivity contribution in [2.24, 2.45) is 5.92 Å². The summed E-state index contributed by atoms with van der Waals surface area (Å²) in [6.45, 7) is 5.71. The van der Waals surface area contributed by atoms with Crippen molar-refractivity contribution in [2.75, 3.05) is 12.4 Å².